The van der Waals surface area contributed by atoms with Gasteiger partial charge in [0.1, 0.15) is 0 Å². The summed E-state index contributed by atoms with van der Waals surface area (Å²) in [7, 11) is 0. The summed E-state index contributed by atoms with van der Waals surface area (Å²) in [6.45, 7) is 0. The van der Waals surface area contributed by atoms with Crippen LogP contribution in [0.5, 0.6) is 11.8 Å². The molecule has 9 heteroatoms. The zero-order valence-corrected chi connectivity index (χ0v) is 20.0. The smallest absolute Gasteiger partial charge is 0.230 e. The van der Waals surface area contributed by atoms with E-state index in [9.17, 15) is 0 Å². The Balaban J connectivity index is 1.24. The lowest BCUT2D eigenvalue weighted by atomic mass is 9.89. The van der Waals surface area contributed by atoms with Crippen LogP contribution >= 0.6 is 0 Å². The fourth-order valence-electron chi connectivity index (χ4n) is 4.52. The molecule has 0 aliphatic heterocycles. The highest BCUT2D eigenvalue weighted by Crippen LogP contribution is 2.34. The Kier molecular flexibility index (Phi) is 6.08. The van der Waals surface area contributed by atoms with Crippen LogP contribution in [0.25, 0.3) is 22.5 Å². The van der Waals surface area contributed by atoms with E-state index in [0.717, 1.165) is 48.4 Å². The topological polar surface area (TPSA) is 125 Å². The molecule has 0 amide bonds. The molecule has 0 fully saturated rings. The number of hydrogen-bond donors (Lipinski definition) is 2. The van der Waals surface area contributed by atoms with Crippen molar-refractivity contribution in [2.45, 2.75) is 25.7 Å². The summed E-state index contributed by atoms with van der Waals surface area (Å²) < 4.78 is 5.99. The molecule has 1 aliphatic carbocycles. The first-order valence-corrected chi connectivity index (χ1v) is 12.1. The van der Waals surface area contributed by atoms with Crippen LogP contribution in [0.4, 0.5) is 17.5 Å². The van der Waals surface area contributed by atoms with Gasteiger partial charge in [0, 0.05) is 29.6 Å². The maximum atomic E-state index is 5.99. The van der Waals surface area contributed by atoms with Gasteiger partial charge in [0.05, 0.1) is 28.8 Å². The number of nitrogens with one attached hydrogen (secondary N) is 1. The van der Waals surface area contributed by atoms with Crippen molar-refractivity contribution in [2.24, 2.45) is 0 Å². The van der Waals surface area contributed by atoms with E-state index < -0.39 is 0 Å². The molecule has 4 heterocycles. The van der Waals surface area contributed by atoms with Gasteiger partial charge in [-0.15, -0.1) is 10.2 Å². The molecule has 0 atom stereocenters. The molecule has 3 N–H and O–H groups in total. The van der Waals surface area contributed by atoms with Crippen molar-refractivity contribution in [1.29, 1.82) is 0 Å². The lowest BCUT2D eigenvalue weighted by Crippen LogP contribution is -2.12. The first-order valence-electron chi connectivity index (χ1n) is 12.1. The van der Waals surface area contributed by atoms with Crippen molar-refractivity contribution in [3.05, 3.63) is 90.4 Å². The number of pyridine rings is 2. The molecule has 4 aromatic heterocycles. The molecule has 1 aliphatic rings. The van der Waals surface area contributed by atoms with E-state index >= 15 is 0 Å². The number of benzene rings is 1. The fourth-order valence-corrected chi connectivity index (χ4v) is 4.52. The number of ether oxygens (including phenoxy) is 1. The standard InChI is InChI=1S/C28H24N8O/c29-28-31-16-14-23(34-28)22-11-6-15-30-27(22)37-24-13-12-19(17-32-24)33-26-21-10-5-4-9-20(21)25(35-36-26)18-7-2-1-3-8-18/h1-3,6-8,11-17H,4-5,9-10H2,(H,33,36)(H2,29,31,34). The van der Waals surface area contributed by atoms with Gasteiger partial charge in [0.25, 0.3) is 0 Å². The molecule has 0 bridgehead atoms. The Bertz CT molecular complexity index is 1540. The molecule has 5 aromatic rings. The summed E-state index contributed by atoms with van der Waals surface area (Å²) in [5, 5.41) is 12.6. The SMILES string of the molecule is Nc1nccc(-c2cccnc2Oc2ccc(Nc3nnc(-c4ccccc4)c4c3CCCC4)cn2)n1. The van der Waals surface area contributed by atoms with Crippen LogP contribution in [-0.4, -0.2) is 30.1 Å². The zero-order valence-electron chi connectivity index (χ0n) is 20.0. The zero-order chi connectivity index (χ0) is 25.0. The number of fused-ring (bicyclic) bond motifs is 1. The summed E-state index contributed by atoms with van der Waals surface area (Å²) in [5.74, 6) is 1.74. The average Bonchev–Trinajstić information content (AvgIpc) is 2.95. The molecule has 0 spiro atoms. The van der Waals surface area contributed by atoms with Gasteiger partial charge in [-0.3, -0.25) is 0 Å². The van der Waals surface area contributed by atoms with Gasteiger partial charge >= 0.3 is 0 Å². The van der Waals surface area contributed by atoms with Gasteiger partial charge in [-0.05, 0) is 55.5 Å². The number of rotatable bonds is 6. The van der Waals surface area contributed by atoms with Crippen molar-refractivity contribution in [3.63, 3.8) is 0 Å². The second kappa shape index (κ2) is 9.98. The molecule has 0 saturated carbocycles. The van der Waals surface area contributed by atoms with Gasteiger partial charge in [-0.1, -0.05) is 30.3 Å². The van der Waals surface area contributed by atoms with Crippen LogP contribution in [-0.2, 0) is 12.8 Å². The number of hydrogen-bond acceptors (Lipinski definition) is 9. The van der Waals surface area contributed by atoms with Crippen molar-refractivity contribution in [2.75, 3.05) is 11.1 Å². The summed E-state index contributed by atoms with van der Waals surface area (Å²) in [5.41, 5.74) is 12.4. The lowest BCUT2D eigenvalue weighted by molar-refractivity contribution is 0.446. The molecule has 182 valence electrons. The molecular formula is C28H24N8O. The number of nitrogen functional groups attached to an aromatic ring is 1. The van der Waals surface area contributed by atoms with Crippen LogP contribution in [0.15, 0.2) is 79.3 Å². The molecule has 6 rings (SSSR count). The molecule has 9 nitrogen and oxygen atoms in total. The van der Waals surface area contributed by atoms with E-state index in [0.29, 0.717) is 23.0 Å². The van der Waals surface area contributed by atoms with Gasteiger partial charge in [-0.2, -0.15) is 0 Å². The number of anilines is 3. The summed E-state index contributed by atoms with van der Waals surface area (Å²) in [6, 6.07) is 19.4. The summed E-state index contributed by atoms with van der Waals surface area (Å²) in [6.07, 6.45) is 9.22. The Hall–Kier alpha value is -4.92. The summed E-state index contributed by atoms with van der Waals surface area (Å²) in [4.78, 5) is 17.0. The predicted molar refractivity (Wildman–Crippen MR) is 141 cm³/mol. The van der Waals surface area contributed by atoms with Crippen molar-refractivity contribution in [3.8, 4) is 34.3 Å². The minimum Gasteiger partial charge on any atom is -0.420 e. The highest BCUT2D eigenvalue weighted by atomic mass is 16.5. The monoisotopic (exact) mass is 488 g/mol. The van der Waals surface area contributed by atoms with E-state index in [1.54, 1.807) is 30.7 Å². The van der Waals surface area contributed by atoms with Crippen LogP contribution < -0.4 is 15.8 Å². The Morgan fingerprint density at radius 3 is 2.46 bits per heavy atom. The quantitative estimate of drug-likeness (QED) is 0.324. The molecule has 0 radical (unpaired) electrons. The maximum Gasteiger partial charge on any atom is 0.230 e. The second-order valence-corrected chi connectivity index (χ2v) is 8.70. The van der Waals surface area contributed by atoms with E-state index in [4.69, 9.17) is 10.5 Å². The number of nitrogens with two attached hydrogens (primary N) is 1. The Morgan fingerprint density at radius 2 is 1.65 bits per heavy atom. The van der Waals surface area contributed by atoms with Crippen molar-refractivity contribution >= 4 is 17.5 Å². The van der Waals surface area contributed by atoms with Crippen LogP contribution in [0.2, 0.25) is 0 Å². The van der Waals surface area contributed by atoms with Gasteiger partial charge in [-0.25, -0.2) is 19.9 Å². The van der Waals surface area contributed by atoms with E-state index in [1.165, 1.54) is 11.1 Å². The third kappa shape index (κ3) is 4.79. The third-order valence-corrected chi connectivity index (χ3v) is 6.26. The molecule has 0 unspecified atom stereocenters. The highest BCUT2D eigenvalue weighted by Gasteiger charge is 2.21. The van der Waals surface area contributed by atoms with Crippen LogP contribution in [0.1, 0.15) is 24.0 Å². The maximum absolute atomic E-state index is 5.99. The highest BCUT2D eigenvalue weighted by molar-refractivity contribution is 5.70. The van der Waals surface area contributed by atoms with E-state index in [2.05, 4.69) is 47.6 Å². The Morgan fingerprint density at radius 1 is 0.784 bits per heavy atom. The fraction of sp³-hybridized carbons (Fsp3) is 0.143. The molecule has 37 heavy (non-hydrogen) atoms. The molecule has 1 aromatic carbocycles. The minimum absolute atomic E-state index is 0.183. The lowest BCUT2D eigenvalue weighted by Gasteiger charge is -2.21. The largest absolute Gasteiger partial charge is 0.420 e. The predicted octanol–water partition coefficient (Wildman–Crippen LogP) is 5.39. The van der Waals surface area contributed by atoms with Crippen LogP contribution in [0.3, 0.4) is 0 Å². The number of aromatic nitrogens is 6. The van der Waals surface area contributed by atoms with Crippen molar-refractivity contribution < 1.29 is 4.74 Å². The first kappa shape index (κ1) is 22.5. The average molecular weight is 489 g/mol. The van der Waals surface area contributed by atoms with Gasteiger partial charge in [0.2, 0.25) is 17.7 Å². The minimum atomic E-state index is 0.183. The number of nitrogens with zero attached hydrogens (tertiary/aromatic N) is 6. The summed E-state index contributed by atoms with van der Waals surface area (Å²) >= 11 is 0. The second-order valence-electron chi connectivity index (χ2n) is 8.70. The first-order chi connectivity index (χ1) is 18.2. The molecular weight excluding hydrogens is 464 g/mol. The Labute approximate surface area is 213 Å². The van der Waals surface area contributed by atoms with E-state index in [1.807, 2.05) is 36.4 Å². The van der Waals surface area contributed by atoms with Crippen molar-refractivity contribution in [1.82, 2.24) is 30.1 Å². The van der Waals surface area contributed by atoms with E-state index in [-0.39, 0.29) is 5.95 Å². The molecule has 0 saturated heterocycles. The van der Waals surface area contributed by atoms with Gasteiger partial charge < -0.3 is 15.8 Å². The van der Waals surface area contributed by atoms with Gasteiger partial charge in [0.15, 0.2) is 5.82 Å². The normalized spacial score (nSPS) is 12.5. The third-order valence-electron chi connectivity index (χ3n) is 6.26. The van der Waals surface area contributed by atoms with Crippen LogP contribution in [0, 0.1) is 0 Å².